The van der Waals surface area contributed by atoms with E-state index in [1.54, 1.807) is 7.11 Å². The van der Waals surface area contributed by atoms with Gasteiger partial charge < -0.3 is 14.4 Å². The third kappa shape index (κ3) is 8.44. The second kappa shape index (κ2) is 17.0. The van der Waals surface area contributed by atoms with Gasteiger partial charge in [-0.1, -0.05) is 50.1 Å². The van der Waals surface area contributed by atoms with Gasteiger partial charge in [0, 0.05) is 49.2 Å². The molecule has 1 aliphatic carbocycles. The Balaban J connectivity index is 1.38. The molecule has 48 heavy (non-hydrogen) atoms. The first-order chi connectivity index (χ1) is 23.4. The van der Waals surface area contributed by atoms with E-state index in [4.69, 9.17) is 21.1 Å². The third-order valence-electron chi connectivity index (χ3n) is 10.7. The molecule has 6 nitrogen and oxygen atoms in total. The zero-order valence-corrected chi connectivity index (χ0v) is 31.7. The minimum Gasteiger partial charge on any atom is -0.491 e. The Labute approximate surface area is 303 Å². The van der Waals surface area contributed by atoms with Crippen molar-refractivity contribution in [3.05, 3.63) is 70.3 Å². The second-order valence-corrected chi connectivity index (χ2v) is 18.6. The van der Waals surface area contributed by atoms with Crippen molar-refractivity contribution in [2.75, 3.05) is 49.8 Å². The summed E-state index contributed by atoms with van der Waals surface area (Å²) < 4.78 is 29.2. The first-order valence-corrected chi connectivity index (χ1v) is 21.5. The number of rotatable bonds is 7. The number of hydrogen-bond donors (Lipinski definition) is 1. The summed E-state index contributed by atoms with van der Waals surface area (Å²) in [5.41, 5.74) is 4.05. The van der Waals surface area contributed by atoms with Crippen molar-refractivity contribution in [2.45, 2.75) is 74.5 Å². The van der Waals surface area contributed by atoms with Crippen molar-refractivity contribution >= 4 is 57.7 Å². The van der Waals surface area contributed by atoms with E-state index in [1.165, 1.54) is 41.9 Å². The van der Waals surface area contributed by atoms with Gasteiger partial charge in [0.15, 0.2) is 0 Å². The summed E-state index contributed by atoms with van der Waals surface area (Å²) in [6, 6.07) is 12.0. The number of nitrogens with one attached hydrogen (secondary N) is 1. The van der Waals surface area contributed by atoms with Crippen LogP contribution in [0.5, 0.6) is 5.75 Å². The molecular formula is C38H51ClN2O4S3. The summed E-state index contributed by atoms with van der Waals surface area (Å²) in [5.74, 6) is 4.91. The molecule has 10 heteroatoms. The molecule has 3 aliphatic heterocycles. The zero-order valence-electron chi connectivity index (χ0n) is 28.5. The van der Waals surface area contributed by atoms with Crippen molar-refractivity contribution < 1.29 is 18.5 Å². The molecule has 7 atom stereocenters. The van der Waals surface area contributed by atoms with E-state index in [9.17, 15) is 9.00 Å². The number of allylic oxidation sites excluding steroid dienone is 2. The summed E-state index contributed by atoms with van der Waals surface area (Å²) in [4.78, 5) is 16.2. The Kier molecular flexibility index (Phi) is 12.8. The lowest BCUT2D eigenvalue weighted by Crippen LogP contribution is -2.44. The van der Waals surface area contributed by atoms with E-state index in [1.807, 2.05) is 24.3 Å². The molecule has 2 bridgehead atoms. The molecule has 0 radical (unpaired) electrons. The van der Waals surface area contributed by atoms with Crippen LogP contribution in [-0.2, 0) is 22.1 Å². The van der Waals surface area contributed by atoms with E-state index < -0.39 is 11.0 Å². The molecular weight excluding hydrogens is 680 g/mol. The highest BCUT2D eigenvalue weighted by Crippen LogP contribution is 2.50. The van der Waals surface area contributed by atoms with Gasteiger partial charge >= 0.3 is 0 Å². The number of aryl methyl sites for hydroxylation is 1. The minimum atomic E-state index is -1.56. The molecule has 2 aromatic rings. The fourth-order valence-corrected chi connectivity index (χ4v) is 12.6. The molecule has 2 fully saturated rings. The van der Waals surface area contributed by atoms with Gasteiger partial charge in [0.25, 0.3) is 5.91 Å². The van der Waals surface area contributed by atoms with Gasteiger partial charge in [-0.25, -0.2) is 4.21 Å². The topological polar surface area (TPSA) is 67.9 Å². The van der Waals surface area contributed by atoms with Crippen molar-refractivity contribution in [1.82, 2.24) is 4.72 Å². The molecule has 0 aromatic heterocycles. The second-order valence-electron chi connectivity index (χ2n) is 13.9. The van der Waals surface area contributed by atoms with Crippen LogP contribution in [0.4, 0.5) is 5.69 Å². The smallest absolute Gasteiger partial charge is 0.263 e. The van der Waals surface area contributed by atoms with Crippen molar-refractivity contribution in [2.24, 2.45) is 23.7 Å². The number of carbonyl (C=O) groups is 1. The van der Waals surface area contributed by atoms with Gasteiger partial charge in [-0.2, -0.15) is 0 Å². The number of thioether (sulfide) groups is 2. The molecule has 2 aromatic carbocycles. The number of ether oxygens (including phenoxy) is 2. The quantitative estimate of drug-likeness (QED) is 0.287. The largest absolute Gasteiger partial charge is 0.491 e. The molecule has 3 heterocycles. The predicted molar refractivity (Wildman–Crippen MR) is 204 cm³/mol. The van der Waals surface area contributed by atoms with Crippen LogP contribution in [0, 0.1) is 23.7 Å². The predicted octanol–water partition coefficient (Wildman–Crippen LogP) is 8.51. The average molecular weight is 731 g/mol. The van der Waals surface area contributed by atoms with Crippen molar-refractivity contribution in [3.63, 3.8) is 0 Å². The van der Waals surface area contributed by atoms with E-state index in [0.29, 0.717) is 47.5 Å². The summed E-state index contributed by atoms with van der Waals surface area (Å²) in [6.45, 7) is 7.15. The fourth-order valence-electron chi connectivity index (χ4n) is 7.89. The highest BCUT2D eigenvalue weighted by atomic mass is 35.5. The third-order valence-corrected chi connectivity index (χ3v) is 15.7. The van der Waals surface area contributed by atoms with Crippen molar-refractivity contribution in [1.29, 1.82) is 0 Å². The summed E-state index contributed by atoms with van der Waals surface area (Å²) >= 11 is 10.8. The molecule has 1 saturated heterocycles. The molecule has 0 spiro atoms. The van der Waals surface area contributed by atoms with E-state index in [0.717, 1.165) is 48.8 Å². The number of anilines is 1. The number of nitrogens with zero attached hydrogens (tertiary/aromatic N) is 1. The van der Waals surface area contributed by atoms with Gasteiger partial charge in [0.05, 0.1) is 22.1 Å². The molecule has 6 rings (SSSR count). The number of fused-ring (bicyclic) bond motifs is 2. The Bertz CT molecular complexity index is 1470. The number of halogens is 1. The summed E-state index contributed by atoms with van der Waals surface area (Å²) in [6.07, 6.45) is 12.1. The Morgan fingerprint density at radius 1 is 1.12 bits per heavy atom. The number of hydrogen-bond acceptors (Lipinski definition) is 7. The maximum absolute atomic E-state index is 13.8. The number of benzene rings is 2. The van der Waals surface area contributed by atoms with E-state index >= 15 is 0 Å². The van der Waals surface area contributed by atoms with E-state index in [2.05, 4.69) is 71.3 Å². The van der Waals surface area contributed by atoms with E-state index in [-0.39, 0.29) is 23.0 Å². The molecule has 4 aliphatic rings. The van der Waals surface area contributed by atoms with Crippen LogP contribution >= 0.6 is 35.1 Å². The molecule has 1 amide bonds. The van der Waals surface area contributed by atoms with Crippen LogP contribution in [0.2, 0.25) is 5.02 Å². The number of amides is 1. The molecule has 1 N–H and O–H groups in total. The van der Waals surface area contributed by atoms with Crippen LogP contribution in [-0.4, -0.2) is 64.9 Å². The SMILES string of the molecule is CCCc1cc(Cl)ccc1C1COc2ccc3cc2N(C1)CC1CCC1C(C1SCCCS1)/C=C/CC(C)C(CCOC)S(=O)NC3=O. The van der Waals surface area contributed by atoms with Crippen LogP contribution in [0.25, 0.3) is 0 Å². The number of carbonyl (C=O) groups excluding carboxylic acids is 1. The maximum atomic E-state index is 13.8. The minimum absolute atomic E-state index is 0.133. The lowest BCUT2D eigenvalue weighted by molar-refractivity contribution is 0.0982. The molecule has 7 unspecified atom stereocenters. The lowest BCUT2D eigenvalue weighted by Gasteiger charge is -2.46. The van der Waals surface area contributed by atoms with Crippen LogP contribution in [0.1, 0.15) is 79.8 Å². The summed E-state index contributed by atoms with van der Waals surface area (Å²) in [5, 5.41) is 0.560. The van der Waals surface area contributed by atoms with Crippen LogP contribution in [0.15, 0.2) is 48.6 Å². The van der Waals surface area contributed by atoms with Gasteiger partial charge in [0.2, 0.25) is 0 Å². The van der Waals surface area contributed by atoms with Gasteiger partial charge in [-0.15, -0.1) is 23.5 Å². The highest BCUT2D eigenvalue weighted by Gasteiger charge is 2.42. The summed E-state index contributed by atoms with van der Waals surface area (Å²) in [7, 11) is 0.117. The number of methoxy groups -OCH3 is 1. The zero-order chi connectivity index (χ0) is 33.6. The fraction of sp³-hybridized carbons (Fsp3) is 0.605. The Morgan fingerprint density at radius 2 is 1.96 bits per heavy atom. The monoisotopic (exact) mass is 730 g/mol. The Hall–Kier alpha value is -1.65. The molecule has 262 valence electrons. The van der Waals surface area contributed by atoms with Gasteiger partial charge in [0.1, 0.15) is 16.7 Å². The van der Waals surface area contributed by atoms with Crippen LogP contribution < -0.4 is 14.4 Å². The maximum Gasteiger partial charge on any atom is 0.263 e. The Morgan fingerprint density at radius 3 is 2.71 bits per heavy atom. The van der Waals surface area contributed by atoms with Gasteiger partial charge in [-0.05, 0) is 109 Å². The lowest BCUT2D eigenvalue weighted by atomic mass is 9.67. The van der Waals surface area contributed by atoms with Crippen LogP contribution in [0.3, 0.4) is 0 Å². The first kappa shape index (κ1) is 36.2. The first-order valence-electron chi connectivity index (χ1n) is 17.8. The van der Waals surface area contributed by atoms with Crippen molar-refractivity contribution in [3.8, 4) is 5.75 Å². The normalized spacial score (nSPS) is 30.7. The highest BCUT2D eigenvalue weighted by molar-refractivity contribution is 8.17. The standard InChI is InChI=1S/C38H51ClN2O4S3/c1-4-7-26-20-30(39)12-14-31(26)29-23-41-22-28-10-13-32(28)33(38-46-18-6-19-47-38)9-5-8-25(2)36(16-17-44-3)48(43)40-37(42)27-11-15-35(45-24-29)34(41)21-27/h5,9,11-12,14-15,20-21,25,28-29,32-33,36,38H,4,6-8,10,13,16-19,22-24H2,1-3H3,(H,40,42)/b9-5+. The molecule has 1 saturated carbocycles. The average Bonchev–Trinajstić information content (AvgIpc) is 3.25. The van der Waals surface area contributed by atoms with Gasteiger partial charge in [-0.3, -0.25) is 9.52 Å².